The highest BCUT2D eigenvalue weighted by molar-refractivity contribution is 5.37. The fourth-order valence-corrected chi connectivity index (χ4v) is 2.68. The molecule has 0 amide bonds. The van der Waals surface area contributed by atoms with Crippen molar-refractivity contribution in [3.8, 4) is 6.01 Å². The summed E-state index contributed by atoms with van der Waals surface area (Å²) in [6, 6.07) is 0.304. The van der Waals surface area contributed by atoms with Crippen LogP contribution in [0.4, 0.5) is 11.9 Å². The van der Waals surface area contributed by atoms with Crippen molar-refractivity contribution in [2.24, 2.45) is 11.8 Å². The van der Waals surface area contributed by atoms with Crippen LogP contribution in [0.1, 0.15) is 46.0 Å². The van der Waals surface area contributed by atoms with Crippen molar-refractivity contribution < 1.29 is 4.74 Å². The molecule has 1 heterocycles. The van der Waals surface area contributed by atoms with Crippen LogP contribution in [0.3, 0.4) is 0 Å². The van der Waals surface area contributed by atoms with Crippen LogP contribution in [0, 0.1) is 5.92 Å². The molecule has 7 nitrogen and oxygen atoms in total. The number of nitrogens with zero attached hydrogens (tertiary/aromatic N) is 4. The van der Waals surface area contributed by atoms with Crippen LogP contribution in [0.2, 0.25) is 0 Å². The molecule has 2 rings (SSSR count). The first-order valence-electron chi connectivity index (χ1n) is 7.69. The normalized spacial score (nSPS) is 16.0. The summed E-state index contributed by atoms with van der Waals surface area (Å²) in [4.78, 5) is 14.9. The van der Waals surface area contributed by atoms with E-state index in [4.69, 9.17) is 10.6 Å². The Balaban J connectivity index is 2.08. The average molecular weight is 294 g/mol. The van der Waals surface area contributed by atoms with E-state index >= 15 is 0 Å². The van der Waals surface area contributed by atoms with Gasteiger partial charge < -0.3 is 9.64 Å². The van der Waals surface area contributed by atoms with Crippen LogP contribution in [0.5, 0.6) is 6.01 Å². The summed E-state index contributed by atoms with van der Waals surface area (Å²) < 4.78 is 5.55. The van der Waals surface area contributed by atoms with Gasteiger partial charge in [0.1, 0.15) is 0 Å². The highest BCUT2D eigenvalue weighted by Gasteiger charge is 2.18. The zero-order valence-electron chi connectivity index (χ0n) is 13.2. The Morgan fingerprint density at radius 3 is 2.57 bits per heavy atom. The molecule has 1 aliphatic carbocycles. The number of aromatic nitrogens is 3. The fourth-order valence-electron chi connectivity index (χ4n) is 2.68. The van der Waals surface area contributed by atoms with E-state index in [1.54, 1.807) is 0 Å². The molecule has 1 fully saturated rings. The third-order valence-corrected chi connectivity index (χ3v) is 3.67. The van der Waals surface area contributed by atoms with Crippen molar-refractivity contribution in [2.45, 2.75) is 52.1 Å². The predicted molar refractivity (Wildman–Crippen MR) is 83.2 cm³/mol. The molecule has 0 spiro atoms. The summed E-state index contributed by atoms with van der Waals surface area (Å²) in [5.41, 5.74) is 2.47. The number of nitrogen functional groups attached to an aromatic ring is 1. The highest BCUT2D eigenvalue weighted by Crippen LogP contribution is 2.25. The van der Waals surface area contributed by atoms with E-state index in [9.17, 15) is 0 Å². The number of anilines is 2. The molecule has 1 aromatic heterocycles. The molecular formula is C14H26N6O. The van der Waals surface area contributed by atoms with E-state index in [1.165, 1.54) is 32.1 Å². The maximum Gasteiger partial charge on any atom is 0.323 e. The van der Waals surface area contributed by atoms with Gasteiger partial charge in [-0.2, -0.15) is 15.0 Å². The fraction of sp³-hybridized carbons (Fsp3) is 0.786. The van der Waals surface area contributed by atoms with Crippen LogP contribution < -0.4 is 20.9 Å². The number of hydrogen-bond donors (Lipinski definition) is 2. The molecule has 1 aromatic rings. The lowest BCUT2D eigenvalue weighted by Crippen LogP contribution is -2.29. The van der Waals surface area contributed by atoms with E-state index in [2.05, 4.69) is 25.3 Å². The van der Waals surface area contributed by atoms with Gasteiger partial charge in [0.05, 0.1) is 6.10 Å². The minimum Gasteiger partial charge on any atom is -0.461 e. The van der Waals surface area contributed by atoms with Crippen molar-refractivity contribution in [3.05, 3.63) is 0 Å². The Morgan fingerprint density at radius 1 is 1.24 bits per heavy atom. The molecule has 118 valence electrons. The molecule has 0 aromatic carbocycles. The van der Waals surface area contributed by atoms with E-state index in [0.29, 0.717) is 23.8 Å². The molecule has 1 saturated carbocycles. The lowest BCUT2D eigenvalue weighted by atomic mass is 9.89. The topological polar surface area (TPSA) is 89.2 Å². The second-order valence-corrected chi connectivity index (χ2v) is 5.94. The number of nitrogens with two attached hydrogens (primary N) is 1. The zero-order valence-corrected chi connectivity index (χ0v) is 13.2. The molecule has 0 bridgehead atoms. The lowest BCUT2D eigenvalue weighted by Gasteiger charge is -2.27. The van der Waals surface area contributed by atoms with Crippen molar-refractivity contribution in [2.75, 3.05) is 23.9 Å². The summed E-state index contributed by atoms with van der Waals surface area (Å²) >= 11 is 0. The monoisotopic (exact) mass is 294 g/mol. The Hall–Kier alpha value is -1.63. The quantitative estimate of drug-likeness (QED) is 0.612. The van der Waals surface area contributed by atoms with Crippen molar-refractivity contribution in [3.63, 3.8) is 0 Å². The largest absolute Gasteiger partial charge is 0.461 e. The third-order valence-electron chi connectivity index (χ3n) is 3.67. The second kappa shape index (κ2) is 7.40. The van der Waals surface area contributed by atoms with Crippen LogP contribution in [0.15, 0.2) is 0 Å². The minimum atomic E-state index is 0.00882. The van der Waals surface area contributed by atoms with Crippen LogP contribution >= 0.6 is 0 Å². The number of rotatable bonds is 6. The summed E-state index contributed by atoms with van der Waals surface area (Å²) in [5.74, 6) is 7.06. The zero-order chi connectivity index (χ0) is 15.2. The maximum atomic E-state index is 5.55. The number of ether oxygens (including phenoxy) is 1. The molecule has 1 aliphatic rings. The molecule has 21 heavy (non-hydrogen) atoms. The second-order valence-electron chi connectivity index (χ2n) is 5.94. The van der Waals surface area contributed by atoms with Crippen molar-refractivity contribution in [1.82, 2.24) is 15.0 Å². The van der Waals surface area contributed by atoms with Gasteiger partial charge in [-0.25, -0.2) is 5.84 Å². The first-order chi connectivity index (χ1) is 10.1. The number of hydrogen-bond acceptors (Lipinski definition) is 7. The first-order valence-corrected chi connectivity index (χ1v) is 7.69. The summed E-state index contributed by atoms with van der Waals surface area (Å²) in [6.45, 7) is 4.82. The highest BCUT2D eigenvalue weighted by atomic mass is 16.5. The van der Waals surface area contributed by atoms with E-state index in [0.717, 1.165) is 6.54 Å². The van der Waals surface area contributed by atoms with Gasteiger partial charge >= 0.3 is 6.01 Å². The molecule has 3 N–H and O–H groups in total. The molecule has 0 aliphatic heterocycles. The SMILES string of the molecule is CC(C)Oc1nc(NN)nc(N(C)CC2CCCCC2)n1. The average Bonchev–Trinajstić information content (AvgIpc) is 2.47. The van der Waals surface area contributed by atoms with Crippen LogP contribution in [-0.4, -0.2) is 34.6 Å². The summed E-state index contributed by atoms with van der Waals surface area (Å²) in [6.07, 6.45) is 6.59. The standard InChI is InChI=1S/C14H26N6O/c1-10(2)21-14-17-12(19-15)16-13(18-14)20(3)9-11-7-5-4-6-8-11/h10-11H,4-9,15H2,1-3H3,(H,16,17,18,19). The van der Waals surface area contributed by atoms with E-state index in [1.807, 2.05) is 20.9 Å². The van der Waals surface area contributed by atoms with Gasteiger partial charge in [0.2, 0.25) is 11.9 Å². The van der Waals surface area contributed by atoms with Crippen molar-refractivity contribution in [1.29, 1.82) is 0 Å². The Kier molecular flexibility index (Phi) is 5.55. The maximum absolute atomic E-state index is 5.55. The van der Waals surface area contributed by atoms with Gasteiger partial charge in [-0.15, -0.1) is 0 Å². The molecular weight excluding hydrogens is 268 g/mol. The van der Waals surface area contributed by atoms with Crippen LogP contribution in [0.25, 0.3) is 0 Å². The lowest BCUT2D eigenvalue weighted by molar-refractivity contribution is 0.222. The molecule has 0 saturated heterocycles. The molecule has 0 atom stereocenters. The molecule has 0 unspecified atom stereocenters. The van der Waals surface area contributed by atoms with E-state index in [-0.39, 0.29) is 6.10 Å². The van der Waals surface area contributed by atoms with Crippen LogP contribution in [-0.2, 0) is 0 Å². The first kappa shape index (κ1) is 15.8. The minimum absolute atomic E-state index is 0.00882. The summed E-state index contributed by atoms with van der Waals surface area (Å²) in [5, 5.41) is 0. The predicted octanol–water partition coefficient (Wildman–Crippen LogP) is 1.96. The van der Waals surface area contributed by atoms with Gasteiger partial charge in [-0.1, -0.05) is 19.3 Å². The Labute approximate surface area is 126 Å². The summed E-state index contributed by atoms with van der Waals surface area (Å²) in [7, 11) is 2.00. The van der Waals surface area contributed by atoms with Gasteiger partial charge in [0, 0.05) is 13.6 Å². The number of nitrogens with one attached hydrogen (secondary N) is 1. The Bertz CT molecular complexity index is 447. The van der Waals surface area contributed by atoms with Gasteiger partial charge in [0.25, 0.3) is 0 Å². The third kappa shape index (κ3) is 4.70. The van der Waals surface area contributed by atoms with Crippen molar-refractivity contribution >= 4 is 11.9 Å². The molecule has 0 radical (unpaired) electrons. The van der Waals surface area contributed by atoms with E-state index < -0.39 is 0 Å². The number of hydrazine groups is 1. The van der Waals surface area contributed by atoms with Gasteiger partial charge in [-0.05, 0) is 32.6 Å². The Morgan fingerprint density at radius 2 is 1.95 bits per heavy atom. The molecule has 7 heteroatoms. The van der Waals surface area contributed by atoms with Gasteiger partial charge in [-0.3, -0.25) is 5.43 Å². The van der Waals surface area contributed by atoms with Gasteiger partial charge in [0.15, 0.2) is 0 Å². The smallest absolute Gasteiger partial charge is 0.323 e.